The van der Waals surface area contributed by atoms with Crippen LogP contribution in [0.2, 0.25) is 0 Å². The Morgan fingerprint density at radius 1 is 1.09 bits per heavy atom. The number of carbonyl (C=O) groups is 1. The van der Waals surface area contributed by atoms with Gasteiger partial charge in [0, 0.05) is 5.56 Å². The van der Waals surface area contributed by atoms with Crippen molar-refractivity contribution in [3.8, 4) is 0 Å². The zero-order valence-corrected chi connectivity index (χ0v) is 13.6. The van der Waals surface area contributed by atoms with Crippen LogP contribution in [0.15, 0.2) is 53.9 Å². The molecule has 0 aliphatic carbocycles. The number of hydrogen-bond donors (Lipinski definition) is 0. The lowest BCUT2D eigenvalue weighted by Crippen LogP contribution is -2.35. The second-order valence-electron chi connectivity index (χ2n) is 6.51. The van der Waals surface area contributed by atoms with Crippen molar-refractivity contribution < 1.29 is 13.9 Å². The molecule has 2 rings (SSSR count). The lowest BCUT2D eigenvalue weighted by molar-refractivity contribution is -0.165. The molecule has 1 atom stereocenters. The van der Waals surface area contributed by atoms with E-state index in [2.05, 4.69) is 6.58 Å². The van der Waals surface area contributed by atoms with E-state index in [1.807, 2.05) is 58.0 Å². The van der Waals surface area contributed by atoms with Gasteiger partial charge in [-0.05, 0) is 44.9 Å². The van der Waals surface area contributed by atoms with Gasteiger partial charge >= 0.3 is 5.97 Å². The van der Waals surface area contributed by atoms with Gasteiger partial charge in [-0.2, -0.15) is 0 Å². The third kappa shape index (κ3) is 3.14. The van der Waals surface area contributed by atoms with Crippen molar-refractivity contribution in [2.24, 2.45) is 5.41 Å². The Kier molecular flexibility index (Phi) is 4.27. The molecule has 0 N–H and O–H groups in total. The highest BCUT2D eigenvalue weighted by Gasteiger charge is 2.37. The number of esters is 1. The maximum Gasteiger partial charge on any atom is 0.312 e. The molecule has 0 spiro atoms. The fourth-order valence-electron chi connectivity index (χ4n) is 2.10. The van der Waals surface area contributed by atoms with Crippen LogP contribution in [-0.4, -0.2) is 5.97 Å². The van der Waals surface area contributed by atoms with Crippen molar-refractivity contribution in [2.45, 2.75) is 33.3 Å². The van der Waals surface area contributed by atoms with Gasteiger partial charge in [-0.3, -0.25) is 4.79 Å². The first-order valence-electron chi connectivity index (χ1n) is 7.26. The number of hydrogen-bond acceptors (Lipinski definition) is 3. The van der Waals surface area contributed by atoms with E-state index in [1.165, 1.54) is 0 Å². The Hall–Kier alpha value is -2.29. The minimum Gasteiger partial charge on any atom is -0.472 e. The van der Waals surface area contributed by atoms with Crippen LogP contribution >= 0.6 is 0 Å². The SMILES string of the molecule is C=Cc1ccc(C(C)(OC(=O)C(C)(C)C)c2ccoc2)cc1. The average Bonchev–Trinajstić information content (AvgIpc) is 3.01. The first-order chi connectivity index (χ1) is 10.3. The van der Waals surface area contributed by atoms with E-state index in [4.69, 9.17) is 9.15 Å². The Balaban J connectivity index is 2.46. The summed E-state index contributed by atoms with van der Waals surface area (Å²) in [5, 5.41) is 0. The zero-order valence-electron chi connectivity index (χ0n) is 13.6. The Labute approximate surface area is 131 Å². The highest BCUT2D eigenvalue weighted by atomic mass is 16.6. The van der Waals surface area contributed by atoms with E-state index >= 15 is 0 Å². The van der Waals surface area contributed by atoms with E-state index in [0.29, 0.717) is 0 Å². The monoisotopic (exact) mass is 298 g/mol. The highest BCUT2D eigenvalue weighted by molar-refractivity contribution is 5.76. The summed E-state index contributed by atoms with van der Waals surface area (Å²) in [7, 11) is 0. The predicted molar refractivity (Wildman–Crippen MR) is 87.2 cm³/mol. The van der Waals surface area contributed by atoms with Crippen molar-refractivity contribution in [1.82, 2.24) is 0 Å². The van der Waals surface area contributed by atoms with Crippen LogP contribution < -0.4 is 0 Å². The smallest absolute Gasteiger partial charge is 0.312 e. The molecule has 0 bridgehead atoms. The van der Waals surface area contributed by atoms with E-state index in [0.717, 1.165) is 16.7 Å². The van der Waals surface area contributed by atoms with Gasteiger partial charge in [0.15, 0.2) is 5.60 Å². The quantitative estimate of drug-likeness (QED) is 0.763. The molecule has 2 aromatic rings. The molecule has 1 aromatic heterocycles. The highest BCUT2D eigenvalue weighted by Crippen LogP contribution is 2.36. The molecule has 0 fully saturated rings. The minimum atomic E-state index is -0.892. The molecule has 1 heterocycles. The van der Waals surface area contributed by atoms with Gasteiger partial charge < -0.3 is 9.15 Å². The molecule has 0 amide bonds. The summed E-state index contributed by atoms with van der Waals surface area (Å²) in [6, 6.07) is 9.61. The van der Waals surface area contributed by atoms with Gasteiger partial charge in [0.05, 0.1) is 17.9 Å². The van der Waals surface area contributed by atoms with Crippen LogP contribution in [0.3, 0.4) is 0 Å². The van der Waals surface area contributed by atoms with Gasteiger partial charge in [-0.25, -0.2) is 0 Å². The van der Waals surface area contributed by atoms with Gasteiger partial charge in [0.2, 0.25) is 0 Å². The van der Waals surface area contributed by atoms with Gasteiger partial charge in [-0.1, -0.05) is 36.9 Å². The Morgan fingerprint density at radius 3 is 2.18 bits per heavy atom. The molecule has 0 saturated carbocycles. The van der Waals surface area contributed by atoms with Crippen molar-refractivity contribution >= 4 is 12.0 Å². The third-order valence-electron chi connectivity index (χ3n) is 3.68. The minimum absolute atomic E-state index is 0.260. The summed E-state index contributed by atoms with van der Waals surface area (Å²) in [6.45, 7) is 11.2. The number of rotatable bonds is 4. The molecule has 0 saturated heterocycles. The standard InChI is InChI=1S/C19H22O3/c1-6-14-7-9-15(10-8-14)19(5,16-11-12-21-13-16)22-17(20)18(2,3)4/h6-13H,1H2,2-5H3. The normalized spacial score (nSPS) is 14.2. The van der Waals surface area contributed by atoms with Gasteiger partial charge in [-0.15, -0.1) is 0 Å². The van der Waals surface area contributed by atoms with Crippen LogP contribution in [0.4, 0.5) is 0 Å². The maximum atomic E-state index is 12.4. The number of carbonyl (C=O) groups excluding carboxylic acids is 1. The van der Waals surface area contributed by atoms with Crippen molar-refractivity contribution in [3.63, 3.8) is 0 Å². The van der Waals surface area contributed by atoms with E-state index < -0.39 is 11.0 Å². The van der Waals surface area contributed by atoms with Crippen LogP contribution in [-0.2, 0) is 15.1 Å². The molecule has 0 aliphatic rings. The lowest BCUT2D eigenvalue weighted by atomic mass is 9.88. The summed E-state index contributed by atoms with van der Waals surface area (Å²) in [4.78, 5) is 12.4. The number of ether oxygens (including phenoxy) is 1. The molecular weight excluding hydrogens is 276 g/mol. The topological polar surface area (TPSA) is 39.4 Å². The Morgan fingerprint density at radius 2 is 1.73 bits per heavy atom. The van der Waals surface area contributed by atoms with Crippen molar-refractivity contribution in [1.29, 1.82) is 0 Å². The van der Waals surface area contributed by atoms with Crippen molar-refractivity contribution in [2.75, 3.05) is 0 Å². The number of furan rings is 1. The fourth-order valence-corrected chi connectivity index (χ4v) is 2.10. The van der Waals surface area contributed by atoms with Crippen LogP contribution in [0, 0.1) is 5.41 Å². The maximum absolute atomic E-state index is 12.4. The average molecular weight is 298 g/mol. The molecule has 3 nitrogen and oxygen atoms in total. The second-order valence-corrected chi connectivity index (χ2v) is 6.51. The molecule has 1 unspecified atom stereocenters. The second kappa shape index (κ2) is 5.84. The number of benzene rings is 1. The molecular formula is C19H22O3. The van der Waals surface area contributed by atoms with Crippen LogP contribution in [0.5, 0.6) is 0 Å². The van der Waals surface area contributed by atoms with E-state index in [1.54, 1.807) is 18.6 Å². The lowest BCUT2D eigenvalue weighted by Gasteiger charge is -2.32. The molecule has 3 heteroatoms. The molecule has 116 valence electrons. The summed E-state index contributed by atoms with van der Waals surface area (Å²) in [5.41, 5.74) is 1.23. The first kappa shape index (κ1) is 16.1. The molecule has 1 aromatic carbocycles. The fraction of sp³-hybridized carbons (Fsp3) is 0.316. The third-order valence-corrected chi connectivity index (χ3v) is 3.68. The van der Waals surface area contributed by atoms with E-state index in [-0.39, 0.29) is 5.97 Å². The summed E-state index contributed by atoms with van der Waals surface area (Å²) < 4.78 is 11.1. The predicted octanol–water partition coefficient (Wildman–Crippen LogP) is 4.78. The van der Waals surface area contributed by atoms with E-state index in [9.17, 15) is 4.79 Å². The van der Waals surface area contributed by atoms with Crippen LogP contribution in [0.25, 0.3) is 6.08 Å². The van der Waals surface area contributed by atoms with Gasteiger partial charge in [0.1, 0.15) is 0 Å². The van der Waals surface area contributed by atoms with Crippen molar-refractivity contribution in [3.05, 3.63) is 66.1 Å². The molecule has 0 radical (unpaired) electrons. The summed E-state index contributed by atoms with van der Waals surface area (Å²) in [5.74, 6) is -0.260. The zero-order chi connectivity index (χ0) is 16.4. The summed E-state index contributed by atoms with van der Waals surface area (Å²) >= 11 is 0. The first-order valence-corrected chi connectivity index (χ1v) is 7.26. The largest absolute Gasteiger partial charge is 0.472 e. The Bertz CT molecular complexity index is 645. The van der Waals surface area contributed by atoms with Crippen LogP contribution in [0.1, 0.15) is 44.4 Å². The molecule has 22 heavy (non-hydrogen) atoms. The van der Waals surface area contributed by atoms with Gasteiger partial charge in [0.25, 0.3) is 0 Å². The summed E-state index contributed by atoms with van der Waals surface area (Å²) in [6.07, 6.45) is 4.97. The molecule has 0 aliphatic heterocycles.